The first kappa shape index (κ1) is 6.03. The summed E-state index contributed by atoms with van der Waals surface area (Å²) < 4.78 is 4.67. The van der Waals surface area contributed by atoms with Crippen LogP contribution >= 0.6 is 0 Å². The van der Waals surface area contributed by atoms with Crippen molar-refractivity contribution in [2.24, 2.45) is 0 Å². The number of oxazole rings is 1. The van der Waals surface area contributed by atoms with Gasteiger partial charge < -0.3 is 4.42 Å². The second-order valence-electron chi connectivity index (χ2n) is 1.91. The molecule has 11 heavy (non-hydrogen) atoms. The fourth-order valence-corrected chi connectivity index (χ4v) is 0.733. The molecule has 0 unspecified atom stereocenters. The Balaban J connectivity index is 2.46. The van der Waals surface area contributed by atoms with Crippen LogP contribution in [0, 0.1) is 6.39 Å². The summed E-state index contributed by atoms with van der Waals surface area (Å²) in [7, 11) is 0. The van der Waals surface area contributed by atoms with Crippen LogP contribution in [0.1, 0.15) is 0 Å². The van der Waals surface area contributed by atoms with E-state index in [0.717, 1.165) is 0 Å². The summed E-state index contributed by atoms with van der Waals surface area (Å²) in [5.41, 5.74) is 1.34. The maximum atomic E-state index is 4.67. The van der Waals surface area contributed by atoms with Crippen molar-refractivity contribution in [2.75, 3.05) is 0 Å². The fraction of sp³-hybridized carbons (Fsp3) is 0. The van der Waals surface area contributed by atoms with Gasteiger partial charge in [0.25, 0.3) is 6.39 Å². The van der Waals surface area contributed by atoms with Crippen molar-refractivity contribution >= 4 is 0 Å². The van der Waals surface area contributed by atoms with Gasteiger partial charge in [-0.3, -0.25) is 9.97 Å². The van der Waals surface area contributed by atoms with E-state index in [4.69, 9.17) is 0 Å². The zero-order chi connectivity index (χ0) is 7.52. The maximum absolute atomic E-state index is 4.67. The summed E-state index contributed by atoms with van der Waals surface area (Å²) in [6.07, 6.45) is 8.63. The van der Waals surface area contributed by atoms with E-state index in [1.54, 1.807) is 18.6 Å². The Bertz CT molecular complexity index is 317. The lowest BCUT2D eigenvalue weighted by Gasteiger charge is -1.89. The fourth-order valence-electron chi connectivity index (χ4n) is 0.733. The van der Waals surface area contributed by atoms with Crippen LogP contribution < -0.4 is 0 Å². The van der Waals surface area contributed by atoms with Gasteiger partial charge in [0.1, 0.15) is 17.7 Å². The Kier molecular flexibility index (Phi) is 1.37. The van der Waals surface area contributed by atoms with E-state index in [1.165, 1.54) is 6.26 Å². The molecule has 2 aromatic heterocycles. The average Bonchev–Trinajstić information content (AvgIpc) is 2.58. The molecule has 0 aliphatic carbocycles. The number of hydrogen-bond acceptors (Lipinski definition) is 4. The molecule has 0 bridgehead atoms. The monoisotopic (exact) mass is 146 g/mol. The predicted octanol–water partition coefficient (Wildman–Crippen LogP) is 0.932. The second kappa shape index (κ2) is 2.49. The summed E-state index contributed by atoms with van der Waals surface area (Å²) in [6.45, 7) is 0. The molecule has 2 heterocycles. The normalized spacial score (nSPS) is 9.82. The largest absolute Gasteiger partial charge is 0.440 e. The van der Waals surface area contributed by atoms with Gasteiger partial charge in [-0.05, 0) is 0 Å². The van der Waals surface area contributed by atoms with Crippen LogP contribution in [0.5, 0.6) is 0 Å². The van der Waals surface area contributed by atoms with Gasteiger partial charge >= 0.3 is 0 Å². The van der Waals surface area contributed by atoms with E-state index in [1.807, 2.05) is 0 Å². The first-order valence-corrected chi connectivity index (χ1v) is 3.05. The Morgan fingerprint density at radius 2 is 2.27 bits per heavy atom. The van der Waals surface area contributed by atoms with Gasteiger partial charge in [-0.15, -0.1) is 0 Å². The summed E-state index contributed by atoms with van der Waals surface area (Å²) in [4.78, 5) is 11.7. The molecule has 0 N–H and O–H groups in total. The van der Waals surface area contributed by atoms with E-state index >= 15 is 0 Å². The molecule has 2 rings (SSSR count). The molecule has 0 saturated carbocycles. The molecular weight excluding hydrogens is 142 g/mol. The summed E-state index contributed by atoms with van der Waals surface area (Å²) in [6, 6.07) is 0. The zero-order valence-electron chi connectivity index (χ0n) is 5.56. The van der Waals surface area contributed by atoms with Crippen LogP contribution in [-0.4, -0.2) is 15.0 Å². The molecular formula is C7H4N3O. The van der Waals surface area contributed by atoms with Gasteiger partial charge in [0.15, 0.2) is 0 Å². The molecule has 2 aromatic rings. The van der Waals surface area contributed by atoms with Crippen molar-refractivity contribution in [1.29, 1.82) is 0 Å². The van der Waals surface area contributed by atoms with E-state index in [-0.39, 0.29) is 0 Å². The summed E-state index contributed by atoms with van der Waals surface area (Å²) >= 11 is 0. The van der Waals surface area contributed by atoms with Crippen molar-refractivity contribution in [3.05, 3.63) is 31.2 Å². The minimum Gasteiger partial charge on any atom is -0.440 e. The molecule has 4 nitrogen and oxygen atoms in total. The van der Waals surface area contributed by atoms with Crippen LogP contribution in [0.2, 0.25) is 0 Å². The predicted molar refractivity (Wildman–Crippen MR) is 36.4 cm³/mol. The highest BCUT2D eigenvalue weighted by Crippen LogP contribution is 2.10. The number of aromatic nitrogens is 3. The quantitative estimate of drug-likeness (QED) is 0.600. The Labute approximate surface area is 62.9 Å². The Morgan fingerprint density at radius 1 is 1.27 bits per heavy atom. The SMILES string of the molecule is [c]1nc(-c2cnccn2)co1. The Morgan fingerprint density at radius 3 is 2.91 bits per heavy atom. The lowest BCUT2D eigenvalue weighted by atomic mass is 10.4. The first-order valence-electron chi connectivity index (χ1n) is 3.05. The highest BCUT2D eigenvalue weighted by atomic mass is 16.3. The molecule has 0 aromatic carbocycles. The van der Waals surface area contributed by atoms with E-state index < -0.39 is 0 Å². The minimum absolute atomic E-state index is 0.651. The van der Waals surface area contributed by atoms with Crippen LogP contribution in [-0.2, 0) is 0 Å². The minimum atomic E-state index is 0.651. The van der Waals surface area contributed by atoms with Gasteiger partial charge in [-0.2, -0.15) is 0 Å². The molecule has 0 atom stereocenters. The third-order valence-corrected chi connectivity index (χ3v) is 1.21. The average molecular weight is 146 g/mol. The van der Waals surface area contributed by atoms with Crippen molar-refractivity contribution in [1.82, 2.24) is 15.0 Å². The third kappa shape index (κ3) is 1.10. The van der Waals surface area contributed by atoms with E-state index in [9.17, 15) is 0 Å². The number of rotatable bonds is 1. The molecule has 0 aliphatic heterocycles. The first-order chi connectivity index (χ1) is 5.47. The zero-order valence-corrected chi connectivity index (χ0v) is 5.56. The van der Waals surface area contributed by atoms with Gasteiger partial charge in [0, 0.05) is 12.4 Å². The number of hydrogen-bond donors (Lipinski definition) is 0. The molecule has 0 amide bonds. The highest BCUT2D eigenvalue weighted by Gasteiger charge is 2.00. The van der Waals surface area contributed by atoms with Crippen molar-refractivity contribution < 1.29 is 4.42 Å². The van der Waals surface area contributed by atoms with Gasteiger partial charge in [0.2, 0.25) is 0 Å². The molecule has 1 radical (unpaired) electrons. The summed E-state index contributed by atoms with van der Waals surface area (Å²) in [5.74, 6) is 0. The highest BCUT2D eigenvalue weighted by molar-refractivity contribution is 5.49. The smallest absolute Gasteiger partial charge is 0.284 e. The van der Waals surface area contributed by atoms with E-state index in [0.29, 0.717) is 11.4 Å². The molecule has 4 heteroatoms. The lowest BCUT2D eigenvalue weighted by molar-refractivity contribution is 0.548. The second-order valence-corrected chi connectivity index (χ2v) is 1.91. The van der Waals surface area contributed by atoms with Gasteiger partial charge in [-0.1, -0.05) is 0 Å². The molecule has 0 aliphatic rings. The number of nitrogens with zero attached hydrogens (tertiary/aromatic N) is 3. The van der Waals surface area contributed by atoms with Crippen molar-refractivity contribution in [3.8, 4) is 11.4 Å². The van der Waals surface area contributed by atoms with E-state index in [2.05, 4.69) is 25.8 Å². The third-order valence-electron chi connectivity index (χ3n) is 1.21. The molecule has 0 fully saturated rings. The molecule has 53 valence electrons. The van der Waals surface area contributed by atoms with Crippen LogP contribution in [0.25, 0.3) is 11.4 Å². The maximum Gasteiger partial charge on any atom is 0.284 e. The standard InChI is InChI=1S/C7H4N3O/c1-2-9-6(3-8-1)7-4-11-5-10-7/h1-4H. The molecule has 0 spiro atoms. The molecule has 0 saturated heterocycles. The van der Waals surface area contributed by atoms with Crippen molar-refractivity contribution in [2.45, 2.75) is 0 Å². The van der Waals surface area contributed by atoms with Crippen LogP contribution in [0.4, 0.5) is 0 Å². The van der Waals surface area contributed by atoms with Crippen LogP contribution in [0.3, 0.4) is 0 Å². The lowest BCUT2D eigenvalue weighted by Crippen LogP contribution is -1.82. The van der Waals surface area contributed by atoms with Gasteiger partial charge in [0.05, 0.1) is 6.20 Å². The Hall–Kier alpha value is -1.71. The van der Waals surface area contributed by atoms with Crippen LogP contribution in [0.15, 0.2) is 29.3 Å². The topological polar surface area (TPSA) is 51.8 Å². The van der Waals surface area contributed by atoms with Crippen molar-refractivity contribution in [3.63, 3.8) is 0 Å². The van der Waals surface area contributed by atoms with Gasteiger partial charge in [-0.25, -0.2) is 4.98 Å². The summed E-state index contributed by atoms with van der Waals surface area (Å²) in [5, 5.41) is 0.